The van der Waals surface area contributed by atoms with Gasteiger partial charge in [-0.3, -0.25) is 4.79 Å². The summed E-state index contributed by atoms with van der Waals surface area (Å²) in [6.45, 7) is 6.58. The lowest BCUT2D eigenvalue weighted by atomic mass is 9.99. The zero-order valence-electron chi connectivity index (χ0n) is 17.7. The maximum atomic E-state index is 12.7. The van der Waals surface area contributed by atoms with Crippen LogP contribution in [0.5, 0.6) is 5.88 Å². The van der Waals surface area contributed by atoms with Crippen LogP contribution in [0.15, 0.2) is 23.7 Å². The van der Waals surface area contributed by atoms with Crippen LogP contribution in [0.25, 0.3) is 10.4 Å². The van der Waals surface area contributed by atoms with Crippen molar-refractivity contribution in [1.29, 1.82) is 0 Å². The summed E-state index contributed by atoms with van der Waals surface area (Å²) in [5.74, 6) is 1.51. The van der Waals surface area contributed by atoms with Crippen molar-refractivity contribution in [2.24, 2.45) is 5.92 Å². The molecule has 0 saturated carbocycles. The molecular weight excluding hydrogens is 382 g/mol. The Kier molecular flexibility index (Phi) is 8.69. The van der Waals surface area contributed by atoms with Crippen molar-refractivity contribution >= 4 is 17.1 Å². The van der Waals surface area contributed by atoms with Crippen LogP contribution in [0, 0.1) is 12.8 Å². The van der Waals surface area contributed by atoms with Gasteiger partial charge in [-0.2, -0.15) is 0 Å². The summed E-state index contributed by atoms with van der Waals surface area (Å²) in [5, 5.41) is 2.02. The van der Waals surface area contributed by atoms with Gasteiger partial charge < -0.3 is 9.47 Å². The van der Waals surface area contributed by atoms with Crippen LogP contribution in [-0.2, 0) is 4.74 Å². The lowest BCUT2D eigenvalue weighted by Crippen LogP contribution is -2.08. The fraction of sp³-hybridized carbons (Fsp3) is 0.583. The minimum Gasteiger partial charge on any atom is -0.478 e. The molecule has 29 heavy (non-hydrogen) atoms. The van der Waals surface area contributed by atoms with E-state index < -0.39 is 0 Å². The molecule has 2 aromatic rings. The Balaban J connectivity index is 1.69. The van der Waals surface area contributed by atoms with Gasteiger partial charge in [0.1, 0.15) is 0 Å². The first-order chi connectivity index (χ1) is 14.1. The molecule has 4 nitrogen and oxygen atoms in total. The summed E-state index contributed by atoms with van der Waals surface area (Å²) in [6.07, 6.45) is 10.1. The summed E-state index contributed by atoms with van der Waals surface area (Å²) in [6, 6.07) is 3.97. The SMILES string of the molecule is Cc1c2csc1-c1ccnc(c1)OCCCCOCC(C)CCCCCCC2=O. The Morgan fingerprint density at radius 2 is 1.93 bits per heavy atom. The number of Topliss-reactive ketones (excluding diaryl/α,β-unsaturated/α-hetero) is 1. The van der Waals surface area contributed by atoms with Gasteiger partial charge in [-0.15, -0.1) is 11.3 Å². The lowest BCUT2D eigenvalue weighted by Gasteiger charge is -2.12. The molecule has 0 aliphatic carbocycles. The van der Waals surface area contributed by atoms with E-state index in [9.17, 15) is 4.79 Å². The predicted molar refractivity (Wildman–Crippen MR) is 119 cm³/mol. The van der Waals surface area contributed by atoms with Gasteiger partial charge in [0.25, 0.3) is 0 Å². The number of fused-ring (bicyclic) bond motifs is 5. The fourth-order valence-corrected chi connectivity index (χ4v) is 4.82. The van der Waals surface area contributed by atoms with E-state index in [4.69, 9.17) is 9.47 Å². The average Bonchev–Trinajstić information content (AvgIpc) is 3.10. The second-order valence-electron chi connectivity index (χ2n) is 8.10. The van der Waals surface area contributed by atoms with Crippen molar-refractivity contribution < 1.29 is 14.3 Å². The Bertz CT molecular complexity index is 786. The molecule has 3 rings (SSSR count). The summed E-state index contributed by atoms with van der Waals surface area (Å²) in [7, 11) is 0. The second kappa shape index (κ2) is 11.5. The number of carbonyl (C=O) groups is 1. The largest absolute Gasteiger partial charge is 0.478 e. The van der Waals surface area contributed by atoms with Crippen molar-refractivity contribution in [3.63, 3.8) is 0 Å². The fourth-order valence-electron chi connectivity index (χ4n) is 3.72. The molecular formula is C24H33NO3S. The Morgan fingerprint density at radius 3 is 2.83 bits per heavy atom. The van der Waals surface area contributed by atoms with Crippen molar-refractivity contribution in [3.8, 4) is 16.3 Å². The highest BCUT2D eigenvalue weighted by molar-refractivity contribution is 7.14. The van der Waals surface area contributed by atoms with E-state index in [2.05, 4.69) is 18.8 Å². The highest BCUT2D eigenvalue weighted by atomic mass is 32.1. The molecule has 0 aromatic carbocycles. The average molecular weight is 416 g/mol. The molecule has 5 heteroatoms. The minimum absolute atomic E-state index is 0.267. The number of rotatable bonds is 0. The lowest BCUT2D eigenvalue weighted by molar-refractivity contribution is 0.0951. The first kappa shape index (κ1) is 22.0. The number of pyridine rings is 1. The first-order valence-corrected chi connectivity index (χ1v) is 11.8. The summed E-state index contributed by atoms with van der Waals surface area (Å²) < 4.78 is 11.7. The van der Waals surface area contributed by atoms with E-state index in [-0.39, 0.29) is 5.78 Å². The third-order valence-corrected chi connectivity index (χ3v) is 6.65. The molecule has 0 spiro atoms. The zero-order valence-corrected chi connectivity index (χ0v) is 18.6. The zero-order chi connectivity index (χ0) is 20.5. The van der Waals surface area contributed by atoms with E-state index in [1.54, 1.807) is 17.5 Å². The Labute approximate surface area is 178 Å². The third-order valence-electron chi connectivity index (χ3n) is 5.52. The highest BCUT2D eigenvalue weighted by Crippen LogP contribution is 2.34. The molecule has 2 aromatic heterocycles. The van der Waals surface area contributed by atoms with Crippen molar-refractivity contribution in [2.45, 2.75) is 65.2 Å². The molecule has 0 fully saturated rings. The second-order valence-corrected chi connectivity index (χ2v) is 8.98. The molecule has 1 aliphatic heterocycles. The van der Waals surface area contributed by atoms with Crippen LogP contribution in [0.4, 0.5) is 0 Å². The third kappa shape index (κ3) is 6.65. The number of ketones is 1. The number of hydrogen-bond acceptors (Lipinski definition) is 5. The quantitative estimate of drug-likeness (QED) is 0.495. The van der Waals surface area contributed by atoms with Crippen LogP contribution in [-0.4, -0.2) is 30.6 Å². The van der Waals surface area contributed by atoms with E-state index in [0.717, 1.165) is 60.5 Å². The molecule has 4 bridgehead atoms. The Morgan fingerprint density at radius 1 is 1.10 bits per heavy atom. The van der Waals surface area contributed by atoms with Gasteiger partial charge in [0.2, 0.25) is 5.88 Å². The molecule has 0 amide bonds. The maximum absolute atomic E-state index is 12.7. The monoisotopic (exact) mass is 415 g/mol. The minimum atomic E-state index is 0.267. The molecule has 0 saturated heterocycles. The number of carbonyl (C=O) groups excluding carboxylic acids is 1. The summed E-state index contributed by atoms with van der Waals surface area (Å²) >= 11 is 1.64. The first-order valence-electron chi connectivity index (χ1n) is 10.9. The van der Waals surface area contributed by atoms with Crippen molar-refractivity contribution in [3.05, 3.63) is 34.8 Å². The number of ether oxygens (including phenoxy) is 2. The predicted octanol–water partition coefficient (Wildman–Crippen LogP) is 6.47. The standard InChI is InChI=1S/C24H33NO3S/c1-18-9-5-3-4-6-10-22(26)21-17-29-24(19(21)2)20-11-12-25-23(15-20)28-14-8-7-13-27-16-18/h11-12,15,17-18H,3-10,13-14,16H2,1-2H3. The summed E-state index contributed by atoms with van der Waals surface area (Å²) in [4.78, 5) is 18.2. The molecule has 158 valence electrons. The molecule has 1 atom stereocenters. The van der Waals surface area contributed by atoms with E-state index in [1.807, 2.05) is 17.5 Å². The van der Waals surface area contributed by atoms with Crippen molar-refractivity contribution in [1.82, 2.24) is 4.98 Å². The normalized spacial score (nSPS) is 20.5. The highest BCUT2D eigenvalue weighted by Gasteiger charge is 2.16. The van der Waals surface area contributed by atoms with Crippen LogP contribution < -0.4 is 4.74 Å². The molecule has 1 aliphatic rings. The molecule has 1 unspecified atom stereocenters. The van der Waals surface area contributed by atoms with Gasteiger partial charge >= 0.3 is 0 Å². The topological polar surface area (TPSA) is 48.4 Å². The van der Waals surface area contributed by atoms with Crippen LogP contribution >= 0.6 is 11.3 Å². The molecule has 0 N–H and O–H groups in total. The smallest absolute Gasteiger partial charge is 0.213 e. The number of hydrogen-bond donors (Lipinski definition) is 0. The van der Waals surface area contributed by atoms with Gasteiger partial charge in [0.15, 0.2) is 5.78 Å². The van der Waals surface area contributed by atoms with Gasteiger partial charge in [-0.25, -0.2) is 4.98 Å². The van der Waals surface area contributed by atoms with E-state index in [0.29, 0.717) is 24.8 Å². The van der Waals surface area contributed by atoms with E-state index in [1.165, 1.54) is 19.3 Å². The summed E-state index contributed by atoms with van der Waals surface area (Å²) in [5.41, 5.74) is 3.02. The maximum Gasteiger partial charge on any atom is 0.213 e. The number of thiophene rings is 1. The molecule has 3 heterocycles. The van der Waals surface area contributed by atoms with Crippen molar-refractivity contribution in [2.75, 3.05) is 19.8 Å². The van der Waals surface area contributed by atoms with Gasteiger partial charge in [-0.05, 0) is 55.7 Å². The number of aromatic nitrogens is 1. The van der Waals surface area contributed by atoms with Crippen LogP contribution in [0.2, 0.25) is 0 Å². The van der Waals surface area contributed by atoms with E-state index >= 15 is 0 Å². The number of nitrogens with zero attached hydrogens (tertiary/aromatic N) is 1. The van der Waals surface area contributed by atoms with Gasteiger partial charge in [0.05, 0.1) is 6.61 Å². The van der Waals surface area contributed by atoms with Crippen LogP contribution in [0.1, 0.15) is 74.2 Å². The van der Waals surface area contributed by atoms with Gasteiger partial charge in [0, 0.05) is 47.7 Å². The Hall–Kier alpha value is -1.72. The van der Waals surface area contributed by atoms with Crippen LogP contribution in [0.3, 0.4) is 0 Å². The molecule has 0 radical (unpaired) electrons. The van der Waals surface area contributed by atoms with Gasteiger partial charge in [-0.1, -0.05) is 26.2 Å².